The Hall–Kier alpha value is -0.780. The summed E-state index contributed by atoms with van der Waals surface area (Å²) in [6.45, 7) is 1.12. The van der Waals surface area contributed by atoms with Crippen molar-refractivity contribution in [2.45, 2.75) is 38.3 Å². The molecule has 0 radical (unpaired) electrons. The maximum Gasteiger partial charge on any atom is 0.401 e. The van der Waals surface area contributed by atoms with Crippen LogP contribution in [0.25, 0.3) is 0 Å². The zero-order valence-electron chi connectivity index (χ0n) is 11.2. The predicted octanol–water partition coefficient (Wildman–Crippen LogP) is 2.72. The molecular weight excluding hydrogens is 255 g/mol. The van der Waals surface area contributed by atoms with Crippen LogP contribution in [0.15, 0.2) is 0 Å². The lowest BCUT2D eigenvalue weighted by Gasteiger charge is -2.39. The van der Waals surface area contributed by atoms with Crippen LogP contribution in [-0.4, -0.2) is 54.5 Å². The molecule has 1 aliphatic heterocycles. The minimum atomic E-state index is -4.11. The SMILES string of the molecule is N=C(C1CCCCC1)N1CCN(CC(F)(F)F)CC1. The standard InChI is InChI=1S/C13H22F3N3/c14-13(15,16)10-18-6-8-19(9-7-18)12(17)11-4-2-1-3-5-11/h11,17H,1-10H2. The Kier molecular flexibility index (Phi) is 4.71. The fourth-order valence-electron chi connectivity index (χ4n) is 3.03. The van der Waals surface area contributed by atoms with Gasteiger partial charge in [-0.2, -0.15) is 13.2 Å². The van der Waals surface area contributed by atoms with Crippen LogP contribution in [0.2, 0.25) is 0 Å². The molecule has 0 atom stereocenters. The molecule has 3 nitrogen and oxygen atoms in total. The number of halogens is 3. The van der Waals surface area contributed by atoms with Gasteiger partial charge in [-0.25, -0.2) is 0 Å². The molecule has 1 N–H and O–H groups in total. The van der Waals surface area contributed by atoms with Gasteiger partial charge in [0, 0.05) is 32.1 Å². The highest BCUT2D eigenvalue weighted by Crippen LogP contribution is 2.26. The third-order valence-electron chi connectivity index (χ3n) is 4.11. The van der Waals surface area contributed by atoms with Crippen molar-refractivity contribution in [3.63, 3.8) is 0 Å². The Balaban J connectivity index is 1.77. The molecule has 0 spiro atoms. The van der Waals surface area contributed by atoms with E-state index in [1.807, 2.05) is 4.90 Å². The van der Waals surface area contributed by atoms with Gasteiger partial charge < -0.3 is 4.90 Å². The predicted molar refractivity (Wildman–Crippen MR) is 68.4 cm³/mol. The maximum absolute atomic E-state index is 12.3. The zero-order chi connectivity index (χ0) is 13.9. The topological polar surface area (TPSA) is 30.3 Å². The molecule has 6 heteroatoms. The molecule has 0 aromatic rings. The van der Waals surface area contributed by atoms with Crippen molar-refractivity contribution in [3.05, 3.63) is 0 Å². The Labute approximate surface area is 112 Å². The smallest absolute Gasteiger partial charge is 0.358 e. The second kappa shape index (κ2) is 6.11. The summed E-state index contributed by atoms with van der Waals surface area (Å²) in [4.78, 5) is 3.41. The lowest BCUT2D eigenvalue weighted by Crippen LogP contribution is -2.52. The van der Waals surface area contributed by atoms with Gasteiger partial charge in [0.1, 0.15) is 0 Å². The first-order chi connectivity index (χ1) is 8.96. The van der Waals surface area contributed by atoms with Crippen molar-refractivity contribution >= 4 is 5.84 Å². The number of amidine groups is 1. The minimum absolute atomic E-state index is 0.336. The average molecular weight is 277 g/mol. The van der Waals surface area contributed by atoms with E-state index in [0.29, 0.717) is 37.9 Å². The molecule has 1 heterocycles. The lowest BCUT2D eigenvalue weighted by atomic mass is 9.88. The van der Waals surface area contributed by atoms with Crippen LogP contribution in [0.1, 0.15) is 32.1 Å². The van der Waals surface area contributed by atoms with Crippen LogP contribution in [0.4, 0.5) is 13.2 Å². The molecular formula is C13H22F3N3. The molecule has 0 bridgehead atoms. The Morgan fingerprint density at radius 3 is 2.11 bits per heavy atom. The highest BCUT2D eigenvalue weighted by molar-refractivity contribution is 5.81. The van der Waals surface area contributed by atoms with Crippen LogP contribution < -0.4 is 0 Å². The molecule has 0 unspecified atom stereocenters. The highest BCUT2D eigenvalue weighted by Gasteiger charge is 2.33. The summed E-state index contributed by atoms with van der Waals surface area (Å²) in [5, 5.41) is 8.21. The number of alkyl halides is 3. The Bertz CT molecular complexity index is 303. The summed E-state index contributed by atoms with van der Waals surface area (Å²) < 4.78 is 36.9. The van der Waals surface area contributed by atoms with Crippen molar-refractivity contribution in [2.75, 3.05) is 32.7 Å². The van der Waals surface area contributed by atoms with Gasteiger partial charge in [-0.05, 0) is 12.8 Å². The van der Waals surface area contributed by atoms with E-state index in [1.54, 1.807) is 0 Å². The van der Waals surface area contributed by atoms with E-state index in [0.717, 1.165) is 12.8 Å². The fourth-order valence-corrected chi connectivity index (χ4v) is 3.03. The first-order valence-electron chi connectivity index (χ1n) is 7.08. The molecule has 19 heavy (non-hydrogen) atoms. The van der Waals surface area contributed by atoms with Crippen LogP contribution in [0.5, 0.6) is 0 Å². The molecule has 1 saturated heterocycles. The summed E-state index contributed by atoms with van der Waals surface area (Å²) in [6.07, 6.45) is 1.65. The summed E-state index contributed by atoms with van der Waals surface area (Å²) in [7, 11) is 0. The fraction of sp³-hybridized carbons (Fsp3) is 0.923. The molecule has 110 valence electrons. The minimum Gasteiger partial charge on any atom is -0.358 e. The van der Waals surface area contributed by atoms with Gasteiger partial charge in [-0.3, -0.25) is 10.3 Å². The van der Waals surface area contributed by atoms with Crippen molar-refractivity contribution in [1.82, 2.24) is 9.80 Å². The van der Waals surface area contributed by atoms with Crippen LogP contribution in [0, 0.1) is 11.3 Å². The molecule has 2 fully saturated rings. The molecule has 0 aromatic heterocycles. The quantitative estimate of drug-likeness (QED) is 0.621. The van der Waals surface area contributed by atoms with Crippen molar-refractivity contribution in [2.24, 2.45) is 5.92 Å². The van der Waals surface area contributed by atoms with Gasteiger partial charge in [0.05, 0.1) is 12.4 Å². The van der Waals surface area contributed by atoms with E-state index >= 15 is 0 Å². The van der Waals surface area contributed by atoms with Crippen molar-refractivity contribution < 1.29 is 13.2 Å². The van der Waals surface area contributed by atoms with Gasteiger partial charge in [-0.1, -0.05) is 19.3 Å². The van der Waals surface area contributed by atoms with Crippen LogP contribution in [0.3, 0.4) is 0 Å². The second-order valence-electron chi connectivity index (χ2n) is 5.60. The maximum atomic E-state index is 12.3. The van der Waals surface area contributed by atoms with Gasteiger partial charge in [0.2, 0.25) is 0 Å². The molecule has 1 aliphatic carbocycles. The number of nitrogens with one attached hydrogen (secondary N) is 1. The van der Waals surface area contributed by atoms with Crippen LogP contribution in [-0.2, 0) is 0 Å². The second-order valence-corrected chi connectivity index (χ2v) is 5.60. The van der Waals surface area contributed by atoms with E-state index in [1.165, 1.54) is 24.2 Å². The first-order valence-corrected chi connectivity index (χ1v) is 7.08. The van der Waals surface area contributed by atoms with Crippen molar-refractivity contribution in [3.8, 4) is 0 Å². The van der Waals surface area contributed by atoms with Crippen LogP contribution >= 0.6 is 0 Å². The van der Waals surface area contributed by atoms with Gasteiger partial charge in [0.25, 0.3) is 0 Å². The third-order valence-corrected chi connectivity index (χ3v) is 4.11. The van der Waals surface area contributed by atoms with E-state index in [-0.39, 0.29) is 0 Å². The summed E-state index contributed by atoms with van der Waals surface area (Å²) in [5.74, 6) is 0.995. The lowest BCUT2D eigenvalue weighted by molar-refractivity contribution is -0.148. The molecule has 0 aromatic carbocycles. The van der Waals surface area contributed by atoms with E-state index in [2.05, 4.69) is 0 Å². The molecule has 1 saturated carbocycles. The van der Waals surface area contributed by atoms with Gasteiger partial charge >= 0.3 is 6.18 Å². The number of nitrogens with zero attached hydrogens (tertiary/aromatic N) is 2. The zero-order valence-corrected chi connectivity index (χ0v) is 11.2. The summed E-state index contributed by atoms with van der Waals surface area (Å²) >= 11 is 0. The van der Waals surface area contributed by atoms with Gasteiger partial charge in [0.15, 0.2) is 0 Å². The number of piperazine rings is 1. The largest absolute Gasteiger partial charge is 0.401 e. The molecule has 2 aliphatic rings. The van der Waals surface area contributed by atoms with E-state index < -0.39 is 12.7 Å². The summed E-state index contributed by atoms with van der Waals surface area (Å²) in [6, 6.07) is 0. The monoisotopic (exact) mass is 277 g/mol. The van der Waals surface area contributed by atoms with Gasteiger partial charge in [-0.15, -0.1) is 0 Å². The summed E-state index contributed by atoms with van der Waals surface area (Å²) in [5.41, 5.74) is 0. The number of hydrogen-bond acceptors (Lipinski definition) is 2. The number of rotatable bonds is 2. The Morgan fingerprint density at radius 2 is 1.58 bits per heavy atom. The Morgan fingerprint density at radius 1 is 1.00 bits per heavy atom. The molecule has 2 rings (SSSR count). The third kappa shape index (κ3) is 4.37. The van der Waals surface area contributed by atoms with E-state index in [4.69, 9.17) is 5.41 Å². The average Bonchev–Trinajstić information content (AvgIpc) is 2.38. The highest BCUT2D eigenvalue weighted by atomic mass is 19.4. The van der Waals surface area contributed by atoms with E-state index in [9.17, 15) is 13.2 Å². The van der Waals surface area contributed by atoms with Crippen molar-refractivity contribution in [1.29, 1.82) is 5.41 Å². The normalized spacial score (nSPS) is 23.6. The first kappa shape index (κ1) is 14.6. The molecule has 0 amide bonds. The number of hydrogen-bond donors (Lipinski definition) is 1.